The Labute approximate surface area is 179 Å². The maximum atomic E-state index is 12.4. The van der Waals surface area contributed by atoms with Crippen molar-refractivity contribution in [2.24, 2.45) is 0 Å². The number of rotatable bonds is 6. The van der Waals surface area contributed by atoms with Crippen molar-refractivity contribution in [3.8, 4) is 0 Å². The van der Waals surface area contributed by atoms with E-state index in [1.54, 1.807) is 30.6 Å². The number of nitrogens with zero attached hydrogens (tertiary/aromatic N) is 3. The quantitative estimate of drug-likeness (QED) is 0.373. The molecule has 0 saturated heterocycles. The van der Waals surface area contributed by atoms with E-state index < -0.39 is 11.8 Å². The van der Waals surface area contributed by atoms with Crippen LogP contribution in [-0.2, 0) is 11.3 Å². The van der Waals surface area contributed by atoms with Gasteiger partial charge in [-0.05, 0) is 42.5 Å². The van der Waals surface area contributed by atoms with E-state index in [0.717, 1.165) is 32.7 Å². The van der Waals surface area contributed by atoms with Gasteiger partial charge in [0.25, 0.3) is 11.8 Å². The largest absolute Gasteiger partial charge is 0.343 e. The number of carbonyl (C=O) groups is 2. The van der Waals surface area contributed by atoms with E-state index in [1.165, 1.54) is 5.56 Å². The van der Waals surface area contributed by atoms with E-state index in [4.69, 9.17) is 9.82 Å². The molecule has 0 fully saturated rings. The summed E-state index contributed by atoms with van der Waals surface area (Å²) in [6.45, 7) is 4.56. The number of hydrogen-bond donors (Lipinski definition) is 1. The molecule has 31 heavy (non-hydrogen) atoms. The van der Waals surface area contributed by atoms with Crippen LogP contribution in [0.15, 0.2) is 48.8 Å². The Hall–Kier alpha value is -3.58. The fourth-order valence-corrected chi connectivity index (χ4v) is 4.16. The maximum Gasteiger partial charge on any atom is 0.285 e. The number of hydrogen-bond acceptors (Lipinski definition) is 5. The molecule has 7 heteroatoms. The molecule has 4 aromatic rings. The smallest absolute Gasteiger partial charge is 0.285 e. The molecule has 0 spiro atoms. The number of imidazole rings is 1. The highest BCUT2D eigenvalue weighted by Gasteiger charge is 2.36. The monoisotopic (exact) mass is 414 g/mol. The first-order chi connectivity index (χ1) is 15.1. The Bertz CT molecular complexity index is 1290. The van der Waals surface area contributed by atoms with E-state index in [9.17, 15) is 9.59 Å². The number of carbonyl (C=O) groups excluding carboxylic acids is 2. The van der Waals surface area contributed by atoms with Gasteiger partial charge in [0.15, 0.2) is 0 Å². The molecular formula is C24H22N4O3. The van der Waals surface area contributed by atoms with Gasteiger partial charge < -0.3 is 4.98 Å². The first-order valence-corrected chi connectivity index (χ1v) is 10.4. The zero-order valence-corrected chi connectivity index (χ0v) is 17.4. The number of pyridine rings is 1. The first kappa shape index (κ1) is 19.4. The van der Waals surface area contributed by atoms with E-state index in [-0.39, 0.29) is 6.61 Å². The van der Waals surface area contributed by atoms with Crippen LogP contribution in [0, 0.1) is 0 Å². The highest BCUT2D eigenvalue weighted by Crippen LogP contribution is 2.31. The standard InChI is InChI=1S/C24H22N4O3/c1-14(2)15-9-5-10-18-20(15)22-21(25-13-26-22)19(27-18)11-6-12-31-28-23(29)16-7-3-4-8-17(16)24(28)30/h3-5,7-10,13-14H,6,11-12H2,1-2H3,(H,25,26). The number of H-pyrrole nitrogens is 1. The summed E-state index contributed by atoms with van der Waals surface area (Å²) >= 11 is 0. The van der Waals surface area contributed by atoms with Gasteiger partial charge in [-0.25, -0.2) is 4.98 Å². The number of aromatic nitrogens is 3. The van der Waals surface area contributed by atoms with Crippen molar-refractivity contribution < 1.29 is 14.4 Å². The predicted octanol–water partition coefficient (Wildman–Crippen LogP) is 4.39. The third-order valence-electron chi connectivity index (χ3n) is 5.65. The number of benzene rings is 2. The minimum Gasteiger partial charge on any atom is -0.343 e. The molecule has 1 N–H and O–H groups in total. The van der Waals surface area contributed by atoms with E-state index in [2.05, 4.69) is 29.9 Å². The number of amides is 2. The molecule has 2 aromatic heterocycles. The summed E-state index contributed by atoms with van der Waals surface area (Å²) in [4.78, 5) is 43.0. The van der Waals surface area contributed by atoms with Crippen molar-refractivity contribution in [2.45, 2.75) is 32.6 Å². The SMILES string of the molecule is CC(C)c1cccc2nc(CCCON3C(=O)c4ccccc4C3=O)c3[nH]cnc3c12. The molecule has 2 amide bonds. The number of hydroxylamine groups is 2. The van der Waals surface area contributed by atoms with Crippen molar-refractivity contribution in [1.82, 2.24) is 20.0 Å². The zero-order chi connectivity index (χ0) is 21.5. The van der Waals surface area contributed by atoms with Crippen LogP contribution in [0.2, 0.25) is 0 Å². The minimum absolute atomic E-state index is 0.229. The van der Waals surface area contributed by atoms with Crippen molar-refractivity contribution in [3.05, 3.63) is 71.2 Å². The number of fused-ring (bicyclic) bond motifs is 4. The number of imide groups is 1. The Balaban J connectivity index is 1.33. The van der Waals surface area contributed by atoms with E-state index in [0.29, 0.717) is 29.9 Å². The second-order valence-electron chi connectivity index (χ2n) is 7.97. The van der Waals surface area contributed by atoms with Crippen LogP contribution in [0.4, 0.5) is 0 Å². The molecule has 5 rings (SSSR count). The molecule has 0 aliphatic carbocycles. The molecule has 0 saturated carbocycles. The highest BCUT2D eigenvalue weighted by molar-refractivity contribution is 6.20. The highest BCUT2D eigenvalue weighted by atomic mass is 16.7. The van der Waals surface area contributed by atoms with Crippen LogP contribution in [0.25, 0.3) is 21.9 Å². The third-order valence-corrected chi connectivity index (χ3v) is 5.65. The lowest BCUT2D eigenvalue weighted by Gasteiger charge is -2.14. The van der Waals surface area contributed by atoms with E-state index >= 15 is 0 Å². The minimum atomic E-state index is -0.415. The normalized spacial score (nSPS) is 13.7. The molecule has 0 unspecified atom stereocenters. The Morgan fingerprint density at radius 2 is 1.77 bits per heavy atom. The van der Waals surface area contributed by atoms with Gasteiger partial charge in [0.05, 0.1) is 46.3 Å². The lowest BCUT2D eigenvalue weighted by Crippen LogP contribution is -2.30. The Kier molecular flexibility index (Phi) is 4.75. The predicted molar refractivity (Wildman–Crippen MR) is 117 cm³/mol. The molecule has 0 bridgehead atoms. The molecule has 3 heterocycles. The van der Waals surface area contributed by atoms with Crippen LogP contribution < -0.4 is 0 Å². The number of aryl methyl sites for hydroxylation is 1. The summed E-state index contributed by atoms with van der Waals surface area (Å²) < 4.78 is 0. The Morgan fingerprint density at radius 3 is 2.48 bits per heavy atom. The van der Waals surface area contributed by atoms with Gasteiger partial charge in [-0.15, -0.1) is 5.06 Å². The topological polar surface area (TPSA) is 88.2 Å². The molecular weight excluding hydrogens is 392 g/mol. The van der Waals surface area contributed by atoms with Gasteiger partial charge in [-0.3, -0.25) is 19.4 Å². The molecule has 7 nitrogen and oxygen atoms in total. The van der Waals surface area contributed by atoms with Gasteiger partial charge in [0.2, 0.25) is 0 Å². The molecule has 156 valence electrons. The van der Waals surface area contributed by atoms with Crippen molar-refractivity contribution in [2.75, 3.05) is 6.61 Å². The molecule has 1 aliphatic heterocycles. The van der Waals surface area contributed by atoms with Crippen LogP contribution in [0.1, 0.15) is 58.2 Å². The number of aromatic amines is 1. The molecule has 0 atom stereocenters. The summed E-state index contributed by atoms with van der Waals surface area (Å²) in [5.74, 6) is -0.465. The number of nitrogens with one attached hydrogen (secondary N) is 1. The summed E-state index contributed by atoms with van der Waals surface area (Å²) in [6.07, 6.45) is 2.93. The average molecular weight is 414 g/mol. The molecule has 0 radical (unpaired) electrons. The van der Waals surface area contributed by atoms with Gasteiger partial charge in [0.1, 0.15) is 0 Å². The fraction of sp³-hybridized carbons (Fsp3) is 0.250. The van der Waals surface area contributed by atoms with Crippen LogP contribution >= 0.6 is 0 Å². The van der Waals surface area contributed by atoms with Crippen LogP contribution in [0.5, 0.6) is 0 Å². The average Bonchev–Trinajstić information content (AvgIpc) is 3.36. The van der Waals surface area contributed by atoms with Crippen LogP contribution in [0.3, 0.4) is 0 Å². The molecule has 2 aromatic carbocycles. The van der Waals surface area contributed by atoms with Gasteiger partial charge in [-0.2, -0.15) is 0 Å². The van der Waals surface area contributed by atoms with Crippen LogP contribution in [-0.4, -0.2) is 38.4 Å². The van der Waals surface area contributed by atoms with Gasteiger partial charge in [0, 0.05) is 5.39 Å². The summed E-state index contributed by atoms with van der Waals surface area (Å²) in [6, 6.07) is 12.9. The van der Waals surface area contributed by atoms with Crippen molar-refractivity contribution in [3.63, 3.8) is 0 Å². The second kappa shape index (κ2) is 7.59. The van der Waals surface area contributed by atoms with Crippen molar-refractivity contribution in [1.29, 1.82) is 0 Å². The third kappa shape index (κ3) is 3.18. The molecule has 1 aliphatic rings. The Morgan fingerprint density at radius 1 is 1.03 bits per heavy atom. The van der Waals surface area contributed by atoms with Gasteiger partial charge >= 0.3 is 0 Å². The van der Waals surface area contributed by atoms with Crippen molar-refractivity contribution >= 4 is 33.8 Å². The lowest BCUT2D eigenvalue weighted by atomic mass is 9.97. The van der Waals surface area contributed by atoms with Gasteiger partial charge in [-0.1, -0.05) is 38.1 Å². The zero-order valence-electron chi connectivity index (χ0n) is 17.4. The summed E-state index contributed by atoms with van der Waals surface area (Å²) in [5.41, 5.74) is 5.64. The second-order valence-corrected chi connectivity index (χ2v) is 7.97. The summed E-state index contributed by atoms with van der Waals surface area (Å²) in [5, 5.41) is 1.94. The lowest BCUT2D eigenvalue weighted by molar-refractivity contribution is -0.0918. The first-order valence-electron chi connectivity index (χ1n) is 10.4. The summed E-state index contributed by atoms with van der Waals surface area (Å²) in [7, 11) is 0. The maximum absolute atomic E-state index is 12.4. The van der Waals surface area contributed by atoms with E-state index in [1.807, 2.05) is 12.1 Å². The fourth-order valence-electron chi connectivity index (χ4n) is 4.16.